The molecule has 2 aliphatic rings. The molecule has 1 N–H and O–H groups in total. The largest absolute Gasteiger partial charge is 0.468 e. The molecule has 0 bridgehead atoms. The Balaban J connectivity index is 1.35. The maximum absolute atomic E-state index is 13.6. The maximum Gasteiger partial charge on any atom is 0.264 e. The van der Waals surface area contributed by atoms with Crippen molar-refractivity contribution in [2.75, 3.05) is 23.9 Å². The molecule has 2 atom stereocenters. The highest BCUT2D eigenvalue weighted by Crippen LogP contribution is 2.36. The second-order valence-corrected chi connectivity index (χ2v) is 10.8. The van der Waals surface area contributed by atoms with Crippen LogP contribution in [0.15, 0.2) is 76.2 Å². The number of furan rings is 1. The Morgan fingerprint density at radius 2 is 1.88 bits per heavy atom. The number of rotatable bonds is 7. The van der Waals surface area contributed by atoms with Crippen LogP contribution in [0.1, 0.15) is 47.5 Å². The molecule has 1 fully saturated rings. The van der Waals surface area contributed by atoms with Crippen LogP contribution >= 0.6 is 0 Å². The smallest absolute Gasteiger partial charge is 0.264 e. The number of anilines is 1. The van der Waals surface area contributed by atoms with E-state index in [2.05, 4.69) is 10.2 Å². The number of sulfonamides is 1. The molecule has 3 heterocycles. The number of carbonyl (C=O) groups is 1. The lowest BCUT2D eigenvalue weighted by Crippen LogP contribution is -2.37. The minimum absolute atomic E-state index is 0.0460. The van der Waals surface area contributed by atoms with E-state index in [1.54, 1.807) is 24.5 Å². The van der Waals surface area contributed by atoms with Gasteiger partial charge in [0.2, 0.25) is 0 Å². The van der Waals surface area contributed by atoms with Gasteiger partial charge in [-0.1, -0.05) is 24.3 Å². The Labute approximate surface area is 200 Å². The predicted octanol–water partition coefficient (Wildman–Crippen LogP) is 3.99. The highest BCUT2D eigenvalue weighted by molar-refractivity contribution is 7.92. The summed E-state index contributed by atoms with van der Waals surface area (Å²) in [6.07, 6.45) is 4.57. The number of nitrogens with zero attached hydrogens (tertiary/aromatic N) is 2. The first-order valence-electron chi connectivity index (χ1n) is 11.7. The third kappa shape index (κ3) is 4.23. The van der Waals surface area contributed by atoms with Crippen molar-refractivity contribution in [3.63, 3.8) is 0 Å². The van der Waals surface area contributed by atoms with Crippen molar-refractivity contribution in [3.05, 3.63) is 83.8 Å². The highest BCUT2D eigenvalue weighted by atomic mass is 32.2. The van der Waals surface area contributed by atoms with Crippen LogP contribution in [-0.4, -0.2) is 44.9 Å². The van der Waals surface area contributed by atoms with E-state index in [4.69, 9.17) is 4.42 Å². The topological polar surface area (TPSA) is 82.9 Å². The van der Waals surface area contributed by atoms with Gasteiger partial charge in [-0.2, -0.15) is 0 Å². The number of nitrogens with one attached hydrogen (secondary N) is 1. The average molecular weight is 480 g/mol. The van der Waals surface area contributed by atoms with Gasteiger partial charge in [-0.3, -0.25) is 14.0 Å². The molecule has 3 aromatic rings. The maximum atomic E-state index is 13.6. The van der Waals surface area contributed by atoms with Crippen LogP contribution in [0.2, 0.25) is 0 Å². The van der Waals surface area contributed by atoms with Crippen LogP contribution in [0.4, 0.5) is 5.69 Å². The van der Waals surface area contributed by atoms with Crippen molar-refractivity contribution < 1.29 is 17.6 Å². The summed E-state index contributed by atoms with van der Waals surface area (Å²) in [5, 5.41) is 2.99. The van der Waals surface area contributed by atoms with Crippen LogP contribution in [0.25, 0.3) is 0 Å². The third-order valence-corrected chi connectivity index (χ3v) is 8.63. The molecule has 0 unspecified atom stereocenters. The number of amides is 1. The molecule has 34 heavy (non-hydrogen) atoms. The SMILES string of the molecule is C[C@@H]1Cc2ccccc2N1S(=O)(=O)c1cccc(C(=O)NC[C@@H](c2ccco2)N2CCCC2)c1. The Bertz CT molecular complexity index is 1270. The van der Waals surface area contributed by atoms with Crippen LogP contribution in [0, 0.1) is 0 Å². The minimum atomic E-state index is -3.81. The van der Waals surface area contributed by atoms with Crippen molar-refractivity contribution in [2.24, 2.45) is 0 Å². The average Bonchev–Trinajstić information content (AvgIpc) is 3.60. The fourth-order valence-corrected chi connectivity index (χ4v) is 6.79. The van der Waals surface area contributed by atoms with Crippen LogP contribution in [-0.2, 0) is 16.4 Å². The summed E-state index contributed by atoms with van der Waals surface area (Å²) < 4.78 is 34.2. The van der Waals surface area contributed by atoms with Gasteiger partial charge in [0.25, 0.3) is 15.9 Å². The quantitative estimate of drug-likeness (QED) is 0.554. The van der Waals surface area contributed by atoms with E-state index in [-0.39, 0.29) is 22.9 Å². The fourth-order valence-electron chi connectivity index (χ4n) is 5.05. The number of benzene rings is 2. The highest BCUT2D eigenvalue weighted by Gasteiger charge is 2.36. The van der Waals surface area contributed by atoms with Crippen LogP contribution in [0.5, 0.6) is 0 Å². The standard InChI is InChI=1S/C26H29N3O4S/c1-19-16-20-8-2-3-11-23(20)29(19)34(31,32)22-10-6-9-21(17-22)26(30)27-18-24(25-12-7-15-33-25)28-13-4-5-14-28/h2-3,6-12,15,17,19,24H,4-5,13-14,16,18H2,1H3,(H,27,30)/t19-,24+/m1/s1. The molecule has 2 aliphatic heterocycles. The number of likely N-dealkylation sites (tertiary alicyclic amines) is 1. The molecular formula is C26H29N3O4S. The predicted molar refractivity (Wildman–Crippen MR) is 130 cm³/mol. The van der Waals surface area contributed by atoms with Crippen molar-refractivity contribution in [1.82, 2.24) is 10.2 Å². The van der Waals surface area contributed by atoms with Crippen molar-refractivity contribution in [3.8, 4) is 0 Å². The first-order valence-corrected chi connectivity index (χ1v) is 13.2. The lowest BCUT2D eigenvalue weighted by Gasteiger charge is -2.26. The van der Waals surface area contributed by atoms with Crippen LogP contribution in [0.3, 0.4) is 0 Å². The second-order valence-electron chi connectivity index (χ2n) is 8.99. The van der Waals surface area contributed by atoms with Crippen molar-refractivity contribution in [1.29, 1.82) is 0 Å². The lowest BCUT2D eigenvalue weighted by molar-refractivity contribution is 0.0933. The van der Waals surface area contributed by atoms with E-state index >= 15 is 0 Å². The number of hydrogen-bond donors (Lipinski definition) is 1. The van der Waals surface area contributed by atoms with Crippen LogP contribution < -0.4 is 9.62 Å². The van der Waals surface area contributed by atoms with Crippen molar-refractivity contribution >= 4 is 21.6 Å². The van der Waals surface area contributed by atoms with E-state index in [0.29, 0.717) is 24.2 Å². The molecule has 5 rings (SSSR count). The molecule has 0 radical (unpaired) electrons. The lowest BCUT2D eigenvalue weighted by atomic mass is 10.1. The van der Waals surface area contributed by atoms with E-state index in [1.165, 1.54) is 10.4 Å². The van der Waals surface area contributed by atoms with Gasteiger partial charge in [-0.05, 0) is 81.2 Å². The zero-order chi connectivity index (χ0) is 23.7. The summed E-state index contributed by atoms with van der Waals surface area (Å²) in [4.78, 5) is 15.5. The summed E-state index contributed by atoms with van der Waals surface area (Å²) in [5.74, 6) is 0.517. The first kappa shape index (κ1) is 22.7. The molecular weight excluding hydrogens is 450 g/mol. The van der Waals surface area contributed by atoms with Gasteiger partial charge in [-0.15, -0.1) is 0 Å². The first-order chi connectivity index (χ1) is 16.4. The summed E-state index contributed by atoms with van der Waals surface area (Å²) in [6.45, 7) is 4.22. The molecule has 1 aromatic heterocycles. The normalized spacial score (nSPS) is 19.2. The number of fused-ring (bicyclic) bond motifs is 1. The van der Waals surface area contributed by atoms with E-state index in [0.717, 1.165) is 37.3 Å². The zero-order valence-electron chi connectivity index (χ0n) is 19.2. The fraction of sp³-hybridized carbons (Fsp3) is 0.346. The summed E-state index contributed by atoms with van der Waals surface area (Å²) in [7, 11) is -3.81. The van der Waals surface area contributed by atoms with Gasteiger partial charge >= 0.3 is 0 Å². The molecule has 7 nitrogen and oxygen atoms in total. The van der Waals surface area contributed by atoms with Gasteiger partial charge < -0.3 is 9.73 Å². The van der Waals surface area contributed by atoms with E-state index < -0.39 is 10.0 Å². The number of carbonyl (C=O) groups excluding carboxylic acids is 1. The molecule has 0 spiro atoms. The molecule has 8 heteroatoms. The summed E-state index contributed by atoms with van der Waals surface area (Å²) >= 11 is 0. The Morgan fingerprint density at radius 1 is 1.09 bits per heavy atom. The number of para-hydroxylation sites is 1. The van der Waals surface area contributed by atoms with Crippen molar-refractivity contribution in [2.45, 2.75) is 43.2 Å². The minimum Gasteiger partial charge on any atom is -0.468 e. The van der Waals surface area contributed by atoms with Gasteiger partial charge in [0.1, 0.15) is 5.76 Å². The van der Waals surface area contributed by atoms with E-state index in [1.807, 2.05) is 43.3 Å². The Morgan fingerprint density at radius 3 is 2.65 bits per heavy atom. The summed E-state index contributed by atoms with van der Waals surface area (Å²) in [5.41, 5.74) is 2.04. The van der Waals surface area contributed by atoms with Gasteiger partial charge in [0, 0.05) is 18.2 Å². The number of hydrogen-bond acceptors (Lipinski definition) is 5. The summed E-state index contributed by atoms with van der Waals surface area (Å²) in [6, 6.07) is 17.4. The van der Waals surface area contributed by atoms with Gasteiger partial charge in [0.15, 0.2) is 0 Å². The van der Waals surface area contributed by atoms with E-state index in [9.17, 15) is 13.2 Å². The molecule has 0 saturated carbocycles. The molecule has 1 saturated heterocycles. The second kappa shape index (κ2) is 9.27. The molecule has 178 valence electrons. The molecule has 0 aliphatic carbocycles. The third-order valence-electron chi connectivity index (χ3n) is 6.71. The van der Waals surface area contributed by atoms with Gasteiger partial charge in [0.05, 0.1) is 22.9 Å². The van der Waals surface area contributed by atoms with Gasteiger partial charge in [-0.25, -0.2) is 8.42 Å². The monoisotopic (exact) mass is 479 g/mol. The Hall–Kier alpha value is -3.10. The zero-order valence-corrected chi connectivity index (χ0v) is 20.0. The molecule has 1 amide bonds. The Kier molecular flexibility index (Phi) is 6.18. The molecule has 2 aromatic carbocycles.